The van der Waals surface area contributed by atoms with Gasteiger partial charge in [0, 0.05) is 30.6 Å². The molecule has 0 saturated carbocycles. The van der Waals surface area contributed by atoms with Gasteiger partial charge in [-0.2, -0.15) is 13.2 Å². The van der Waals surface area contributed by atoms with Crippen molar-refractivity contribution in [1.29, 1.82) is 0 Å². The van der Waals surface area contributed by atoms with Crippen molar-refractivity contribution < 1.29 is 21.6 Å². The second-order valence-electron chi connectivity index (χ2n) is 5.68. The first-order valence-electron chi connectivity index (χ1n) is 6.50. The number of hydrogen-bond acceptors (Lipinski definition) is 2. The van der Waals surface area contributed by atoms with Gasteiger partial charge in [0.25, 0.3) is 0 Å². The lowest BCUT2D eigenvalue weighted by Crippen LogP contribution is -2.30. The summed E-state index contributed by atoms with van der Waals surface area (Å²) in [5.41, 5.74) is 0.110. The lowest BCUT2D eigenvalue weighted by molar-refractivity contribution is -0.138. The van der Waals surface area contributed by atoms with Gasteiger partial charge >= 0.3 is 6.18 Å². The van der Waals surface area contributed by atoms with Gasteiger partial charge in [0.15, 0.2) is 9.84 Å². The topological polar surface area (TPSA) is 39.1 Å². The summed E-state index contributed by atoms with van der Waals surface area (Å²) in [6, 6.07) is 1.12. The smallest absolute Gasteiger partial charge is 0.348 e. The van der Waals surface area contributed by atoms with E-state index in [1.807, 2.05) is 0 Å². The summed E-state index contributed by atoms with van der Waals surface area (Å²) in [6.45, 7) is 3.78. The van der Waals surface area contributed by atoms with Gasteiger partial charge in [-0.05, 0) is 18.4 Å². The largest absolute Gasteiger partial charge is 0.418 e. The maximum Gasteiger partial charge on any atom is 0.418 e. The Hall–Kier alpha value is -0.980. The minimum Gasteiger partial charge on any atom is -0.348 e. The Morgan fingerprint density at radius 2 is 1.95 bits per heavy atom. The van der Waals surface area contributed by atoms with Crippen LogP contribution in [0.2, 0.25) is 0 Å². The van der Waals surface area contributed by atoms with Crippen LogP contribution >= 0.6 is 0 Å². The van der Waals surface area contributed by atoms with E-state index in [1.54, 1.807) is 18.4 Å². The second kappa shape index (κ2) is 4.79. The van der Waals surface area contributed by atoms with Crippen LogP contribution in [0.5, 0.6) is 0 Å². The Morgan fingerprint density at radius 3 is 2.40 bits per heavy atom. The molecule has 2 heterocycles. The number of sulfone groups is 1. The second-order valence-corrected chi connectivity index (χ2v) is 8.01. The van der Waals surface area contributed by atoms with Crippen LogP contribution in [-0.2, 0) is 29.0 Å². The highest BCUT2D eigenvalue weighted by molar-refractivity contribution is 7.91. The maximum atomic E-state index is 13.1. The lowest BCUT2D eigenvalue weighted by Gasteiger charge is -2.25. The van der Waals surface area contributed by atoms with Crippen molar-refractivity contribution in [1.82, 2.24) is 4.57 Å². The van der Waals surface area contributed by atoms with Crippen molar-refractivity contribution in [3.8, 4) is 0 Å². The maximum absolute atomic E-state index is 13.1. The van der Waals surface area contributed by atoms with Gasteiger partial charge < -0.3 is 4.57 Å². The predicted molar refractivity (Wildman–Crippen MR) is 70.5 cm³/mol. The molecule has 1 unspecified atom stereocenters. The van der Waals surface area contributed by atoms with Gasteiger partial charge in [-0.25, -0.2) is 8.42 Å². The van der Waals surface area contributed by atoms with Gasteiger partial charge in [-0.15, -0.1) is 0 Å². The summed E-state index contributed by atoms with van der Waals surface area (Å²) in [5.74, 6) is -0.254. The zero-order valence-electron chi connectivity index (χ0n) is 11.7. The Morgan fingerprint density at radius 1 is 1.35 bits per heavy atom. The van der Waals surface area contributed by atoms with Gasteiger partial charge in [0.2, 0.25) is 0 Å². The minimum atomic E-state index is -4.40. The van der Waals surface area contributed by atoms with Crippen molar-refractivity contribution in [2.45, 2.75) is 50.6 Å². The molecule has 114 valence electrons. The van der Waals surface area contributed by atoms with E-state index in [-0.39, 0.29) is 18.0 Å². The standard InChI is InChI=1S/C13H18F3NO2S/c1-8(2)12-11(13(14,15)16)7-9-6-10(20(3,18)19)4-5-17(9)12/h7-8,10H,4-6H2,1-3H3. The predicted octanol–water partition coefficient (Wildman–Crippen LogP) is 2.99. The molecule has 3 nitrogen and oxygen atoms in total. The molecule has 7 heteroatoms. The van der Waals surface area contributed by atoms with E-state index in [0.717, 1.165) is 12.3 Å². The average molecular weight is 309 g/mol. The molecule has 2 rings (SSSR count). The molecule has 0 fully saturated rings. The molecular formula is C13H18F3NO2S. The van der Waals surface area contributed by atoms with Crippen molar-refractivity contribution in [3.63, 3.8) is 0 Å². The van der Waals surface area contributed by atoms with Gasteiger partial charge in [-0.3, -0.25) is 0 Å². The molecule has 1 aromatic rings. The number of halogens is 3. The summed E-state index contributed by atoms with van der Waals surface area (Å²) >= 11 is 0. The number of nitrogens with zero attached hydrogens (tertiary/aromatic N) is 1. The Labute approximate surface area is 116 Å². The molecule has 1 aliphatic heterocycles. The van der Waals surface area contributed by atoms with E-state index >= 15 is 0 Å². The molecule has 1 aromatic heterocycles. The lowest BCUT2D eigenvalue weighted by atomic mass is 10.1. The highest BCUT2D eigenvalue weighted by Gasteiger charge is 2.39. The fourth-order valence-electron chi connectivity index (χ4n) is 2.88. The van der Waals surface area contributed by atoms with Crippen molar-refractivity contribution in [2.24, 2.45) is 0 Å². The van der Waals surface area contributed by atoms with Crippen molar-refractivity contribution >= 4 is 9.84 Å². The van der Waals surface area contributed by atoms with E-state index < -0.39 is 26.8 Å². The SMILES string of the molecule is CC(C)c1c(C(F)(F)F)cc2n1CCC(S(C)(=O)=O)C2. The van der Waals surface area contributed by atoms with Gasteiger partial charge in [0.1, 0.15) is 0 Å². The molecule has 0 amide bonds. The summed E-state index contributed by atoms with van der Waals surface area (Å²) in [6.07, 6.45) is -2.72. The Kier molecular flexibility index (Phi) is 3.69. The average Bonchev–Trinajstić information content (AvgIpc) is 2.65. The number of alkyl halides is 3. The number of aromatic nitrogens is 1. The van der Waals surface area contributed by atoms with Crippen LogP contribution in [0.1, 0.15) is 43.1 Å². The van der Waals surface area contributed by atoms with E-state index in [4.69, 9.17) is 0 Å². The molecule has 1 atom stereocenters. The van der Waals surface area contributed by atoms with Crippen LogP contribution in [0.25, 0.3) is 0 Å². The highest BCUT2D eigenvalue weighted by atomic mass is 32.2. The van der Waals surface area contributed by atoms with Crippen LogP contribution < -0.4 is 0 Å². The molecule has 0 aliphatic carbocycles. The van der Waals surface area contributed by atoms with Crippen LogP contribution in [-0.4, -0.2) is 24.5 Å². The molecule has 0 spiro atoms. The molecule has 20 heavy (non-hydrogen) atoms. The monoisotopic (exact) mass is 309 g/mol. The van der Waals surface area contributed by atoms with Gasteiger partial charge in [-0.1, -0.05) is 13.8 Å². The van der Waals surface area contributed by atoms with Crippen molar-refractivity contribution in [2.75, 3.05) is 6.26 Å². The third-order valence-electron chi connectivity index (χ3n) is 3.79. The number of rotatable bonds is 2. The third kappa shape index (κ3) is 2.73. The van der Waals surface area contributed by atoms with E-state index in [9.17, 15) is 21.6 Å². The first kappa shape index (κ1) is 15.4. The first-order chi connectivity index (χ1) is 9.01. The quantitative estimate of drug-likeness (QED) is 0.842. The number of fused-ring (bicyclic) bond motifs is 1. The highest BCUT2D eigenvalue weighted by Crippen LogP contribution is 2.39. The summed E-state index contributed by atoms with van der Waals surface area (Å²) < 4.78 is 64.1. The Bertz CT molecular complexity index is 614. The van der Waals surface area contributed by atoms with E-state index in [1.165, 1.54) is 0 Å². The van der Waals surface area contributed by atoms with Crippen LogP contribution in [0, 0.1) is 0 Å². The normalized spacial score (nSPS) is 20.2. The number of hydrogen-bond donors (Lipinski definition) is 0. The fourth-order valence-corrected chi connectivity index (χ4v) is 3.88. The molecule has 0 N–H and O–H groups in total. The van der Waals surface area contributed by atoms with E-state index in [0.29, 0.717) is 18.7 Å². The molecule has 0 saturated heterocycles. The summed E-state index contributed by atoms with van der Waals surface area (Å²) in [4.78, 5) is 0. The first-order valence-corrected chi connectivity index (χ1v) is 8.45. The minimum absolute atomic E-state index is 0.161. The van der Waals surface area contributed by atoms with Crippen molar-refractivity contribution in [3.05, 3.63) is 23.0 Å². The van der Waals surface area contributed by atoms with Crippen LogP contribution in [0.3, 0.4) is 0 Å². The molecule has 0 bridgehead atoms. The zero-order valence-corrected chi connectivity index (χ0v) is 12.5. The summed E-state index contributed by atoms with van der Waals surface area (Å²) in [7, 11) is -3.22. The zero-order chi connectivity index (χ0) is 15.3. The molecule has 0 aromatic carbocycles. The van der Waals surface area contributed by atoms with Crippen LogP contribution in [0.15, 0.2) is 6.07 Å². The Balaban J connectivity index is 2.51. The molecule has 0 radical (unpaired) electrons. The van der Waals surface area contributed by atoms with Gasteiger partial charge in [0.05, 0.1) is 10.8 Å². The van der Waals surface area contributed by atoms with Crippen LogP contribution in [0.4, 0.5) is 13.2 Å². The third-order valence-corrected chi connectivity index (χ3v) is 5.41. The van der Waals surface area contributed by atoms with E-state index in [2.05, 4.69) is 0 Å². The summed E-state index contributed by atoms with van der Waals surface area (Å²) in [5, 5.41) is -0.578. The molecule has 1 aliphatic rings. The molecular weight excluding hydrogens is 291 g/mol. The fraction of sp³-hybridized carbons (Fsp3) is 0.692.